The van der Waals surface area contributed by atoms with E-state index in [1.807, 2.05) is 48.5 Å². The molecule has 2 fully saturated rings. The van der Waals surface area contributed by atoms with Gasteiger partial charge in [0.1, 0.15) is 19.0 Å². The van der Waals surface area contributed by atoms with Gasteiger partial charge in [-0.2, -0.15) is 0 Å². The number of esters is 2. The highest BCUT2D eigenvalue weighted by molar-refractivity contribution is 7.88. The van der Waals surface area contributed by atoms with E-state index < -0.39 is 57.0 Å². The fraction of sp³-hybridized carbons (Fsp3) is 0.425. The average Bonchev–Trinajstić information content (AvgIpc) is 3.09. The third kappa shape index (κ3) is 10.5. The number of β-lactam (4-membered cyclic amide) rings is 1. The van der Waals surface area contributed by atoms with Crippen LogP contribution in [0, 0.1) is 23.6 Å². The van der Waals surface area contributed by atoms with Gasteiger partial charge in [-0.3, -0.25) is 14.4 Å². The first kappa shape index (κ1) is 39.6. The summed E-state index contributed by atoms with van der Waals surface area (Å²) in [4.78, 5) is 39.6. The maximum absolute atomic E-state index is 14.2. The van der Waals surface area contributed by atoms with Crippen LogP contribution < -0.4 is 9.62 Å². The van der Waals surface area contributed by atoms with Crippen molar-refractivity contribution in [3.63, 3.8) is 0 Å². The Labute approximate surface area is 310 Å². The van der Waals surface area contributed by atoms with E-state index in [-0.39, 0.29) is 25.7 Å². The lowest BCUT2D eigenvalue weighted by molar-refractivity contribution is -0.291. The number of hydrogen-bond acceptors (Lipinski definition) is 9. The first-order valence-electron chi connectivity index (χ1n) is 17.4. The topological polar surface area (TPSA) is 138 Å². The Morgan fingerprint density at radius 2 is 1.62 bits per heavy atom. The predicted molar refractivity (Wildman–Crippen MR) is 196 cm³/mol. The number of ether oxygens (including phenoxy) is 4. The molecule has 1 amide bonds. The molecule has 0 spiro atoms. The number of halogens is 1. The minimum atomic E-state index is -3.27. The molecule has 1 N–H and O–H groups in total. The number of aryl methyl sites for hydroxylation is 1. The predicted octanol–water partition coefficient (Wildman–Crippen LogP) is 5.18. The number of amides is 1. The van der Waals surface area contributed by atoms with Crippen molar-refractivity contribution in [2.45, 2.75) is 70.3 Å². The Kier molecular flexibility index (Phi) is 12.4. The van der Waals surface area contributed by atoms with E-state index >= 15 is 0 Å². The van der Waals surface area contributed by atoms with Gasteiger partial charge >= 0.3 is 11.9 Å². The van der Waals surface area contributed by atoms with Gasteiger partial charge in [0, 0.05) is 37.6 Å². The Morgan fingerprint density at radius 3 is 2.21 bits per heavy atom. The number of anilines is 1. The van der Waals surface area contributed by atoms with Crippen molar-refractivity contribution < 1.29 is 46.1 Å². The second-order valence-corrected chi connectivity index (χ2v) is 15.7. The number of carbonyl (C=O) groups excluding carboxylic acids is 3. The Morgan fingerprint density at radius 1 is 0.981 bits per heavy atom. The SMILES string of the molecule is CC(=O)OCCC(c1ccc(F)cc1)[C@H]1C(=O)N(c2ccc(CCCNS(C)(=O)=O)cc2)[C@@H]1c1ccc(C#CC2(OC(C)=O)COC(C)(C)OC2)cc1. The van der Waals surface area contributed by atoms with E-state index in [1.165, 1.54) is 26.0 Å². The van der Waals surface area contributed by atoms with Gasteiger partial charge in [0.25, 0.3) is 0 Å². The van der Waals surface area contributed by atoms with E-state index in [0.717, 1.165) is 22.9 Å². The molecule has 0 aromatic heterocycles. The van der Waals surface area contributed by atoms with Crippen LogP contribution in [0.25, 0.3) is 0 Å². The number of rotatable bonds is 13. The molecule has 3 atom stereocenters. The summed E-state index contributed by atoms with van der Waals surface area (Å²) in [7, 11) is -3.27. The van der Waals surface area contributed by atoms with Gasteiger partial charge in [-0.15, -0.1) is 0 Å². The Bertz CT molecular complexity index is 1940. The number of carbonyl (C=O) groups is 3. The number of benzene rings is 3. The van der Waals surface area contributed by atoms with Crippen molar-refractivity contribution in [1.82, 2.24) is 4.72 Å². The van der Waals surface area contributed by atoms with E-state index in [2.05, 4.69) is 16.6 Å². The minimum Gasteiger partial charge on any atom is -0.466 e. The molecule has 2 aliphatic rings. The largest absolute Gasteiger partial charge is 0.466 e. The van der Waals surface area contributed by atoms with Gasteiger partial charge in [0.05, 0.1) is 24.8 Å². The molecular formula is C40H45FN2O9S. The zero-order valence-corrected chi connectivity index (χ0v) is 31.3. The van der Waals surface area contributed by atoms with Crippen LogP contribution in [0.2, 0.25) is 0 Å². The van der Waals surface area contributed by atoms with Crippen LogP contribution in [0.15, 0.2) is 72.8 Å². The molecule has 1 unspecified atom stereocenters. The lowest BCUT2D eigenvalue weighted by atomic mass is 9.70. The number of nitrogens with one attached hydrogen (secondary N) is 1. The van der Waals surface area contributed by atoms with Crippen LogP contribution in [0.5, 0.6) is 0 Å². The van der Waals surface area contributed by atoms with Crippen molar-refractivity contribution >= 4 is 33.6 Å². The maximum atomic E-state index is 14.2. The monoisotopic (exact) mass is 748 g/mol. The second-order valence-electron chi connectivity index (χ2n) is 13.8. The molecule has 0 aliphatic carbocycles. The molecule has 13 heteroatoms. The smallest absolute Gasteiger partial charge is 0.304 e. The summed E-state index contributed by atoms with van der Waals surface area (Å²) in [5.74, 6) is 2.85. The van der Waals surface area contributed by atoms with Gasteiger partial charge in [0.2, 0.25) is 21.5 Å². The highest BCUT2D eigenvalue weighted by Gasteiger charge is 2.52. The summed E-state index contributed by atoms with van der Waals surface area (Å²) in [6.45, 7) is 6.65. The first-order valence-corrected chi connectivity index (χ1v) is 19.3. The summed E-state index contributed by atoms with van der Waals surface area (Å²) < 4.78 is 61.7. The second kappa shape index (κ2) is 16.6. The lowest BCUT2D eigenvalue weighted by Crippen LogP contribution is -2.57. The molecule has 3 aromatic carbocycles. The van der Waals surface area contributed by atoms with Crippen molar-refractivity contribution in [2.24, 2.45) is 5.92 Å². The van der Waals surface area contributed by atoms with Crippen LogP contribution in [-0.4, -0.2) is 70.3 Å². The summed E-state index contributed by atoms with van der Waals surface area (Å²) in [5.41, 5.74) is 2.61. The third-order valence-corrected chi connectivity index (χ3v) is 9.89. The average molecular weight is 749 g/mol. The summed E-state index contributed by atoms with van der Waals surface area (Å²) >= 11 is 0. The molecule has 0 bridgehead atoms. The highest BCUT2D eigenvalue weighted by atomic mass is 32.2. The van der Waals surface area contributed by atoms with E-state index in [0.29, 0.717) is 37.1 Å². The van der Waals surface area contributed by atoms with Crippen molar-refractivity contribution in [3.8, 4) is 11.8 Å². The van der Waals surface area contributed by atoms with Crippen LogP contribution >= 0.6 is 0 Å². The number of sulfonamides is 1. The van der Waals surface area contributed by atoms with Gasteiger partial charge in [-0.1, -0.05) is 42.3 Å². The Balaban J connectivity index is 1.45. The van der Waals surface area contributed by atoms with E-state index in [9.17, 15) is 27.2 Å². The van der Waals surface area contributed by atoms with Crippen LogP contribution in [0.1, 0.15) is 74.8 Å². The number of nitrogens with zero attached hydrogens (tertiary/aromatic N) is 1. The lowest BCUT2D eigenvalue weighted by Gasteiger charge is -2.50. The first-order chi connectivity index (χ1) is 25.0. The fourth-order valence-corrected chi connectivity index (χ4v) is 7.07. The zero-order chi connectivity index (χ0) is 38.4. The molecule has 53 heavy (non-hydrogen) atoms. The Hall–Kier alpha value is -4.61. The van der Waals surface area contributed by atoms with Gasteiger partial charge in [-0.25, -0.2) is 17.5 Å². The molecular weight excluding hydrogens is 704 g/mol. The number of hydrogen-bond donors (Lipinski definition) is 1. The quantitative estimate of drug-likeness (QED) is 0.109. The fourth-order valence-electron chi connectivity index (χ4n) is 6.56. The summed E-state index contributed by atoms with van der Waals surface area (Å²) in [5, 5.41) is 0. The van der Waals surface area contributed by atoms with Gasteiger partial charge in [-0.05, 0) is 92.1 Å². The molecule has 11 nitrogen and oxygen atoms in total. The van der Waals surface area contributed by atoms with Gasteiger partial charge < -0.3 is 23.8 Å². The molecule has 2 aliphatic heterocycles. The van der Waals surface area contributed by atoms with Crippen LogP contribution in [0.4, 0.5) is 10.1 Å². The molecule has 2 saturated heterocycles. The molecule has 3 aromatic rings. The van der Waals surface area contributed by atoms with Crippen LogP contribution in [0.3, 0.4) is 0 Å². The van der Waals surface area contributed by atoms with Crippen molar-refractivity contribution in [1.29, 1.82) is 0 Å². The molecule has 0 saturated carbocycles. The molecule has 5 rings (SSSR count). The highest BCUT2D eigenvalue weighted by Crippen LogP contribution is 2.51. The third-order valence-electron chi connectivity index (χ3n) is 9.16. The summed E-state index contributed by atoms with van der Waals surface area (Å²) in [6.07, 6.45) is 2.71. The minimum absolute atomic E-state index is 0.0416. The normalized spacial score (nSPS) is 19.7. The van der Waals surface area contributed by atoms with Crippen molar-refractivity contribution in [3.05, 3.63) is 101 Å². The molecule has 0 radical (unpaired) electrons. The van der Waals surface area contributed by atoms with Gasteiger partial charge in [0.15, 0.2) is 5.79 Å². The standard InChI is InChI=1S/C40H45FN2O9S/c1-27(44)49-24-21-35(31-14-16-33(41)17-15-31)36-37(43(38(36)46)34-18-10-29(11-19-34)7-6-23-42-53(5,47)48)32-12-8-30(9-13-32)20-22-40(52-28(2)45)25-50-39(3,4)51-26-40/h8-19,35-37,42H,6-7,21,23-26H2,1-5H3/t35?,36-,37-/m1/s1. The van der Waals surface area contributed by atoms with Crippen LogP contribution in [-0.2, 0) is 49.8 Å². The zero-order valence-electron chi connectivity index (χ0n) is 30.5. The molecule has 2 heterocycles. The van der Waals surface area contributed by atoms with E-state index in [1.54, 1.807) is 30.9 Å². The maximum Gasteiger partial charge on any atom is 0.304 e. The summed E-state index contributed by atoms with van der Waals surface area (Å²) in [6, 6.07) is 20.6. The van der Waals surface area contributed by atoms with E-state index in [4.69, 9.17) is 18.9 Å². The molecule has 282 valence electrons. The van der Waals surface area contributed by atoms with Crippen molar-refractivity contribution in [2.75, 3.05) is 37.5 Å².